The quantitative estimate of drug-likeness (QED) is 0.594. The largest absolute Gasteiger partial charge is 0.494 e. The maximum absolute atomic E-state index is 12.9. The Morgan fingerprint density at radius 2 is 2.00 bits per heavy atom. The Kier molecular flexibility index (Phi) is 5.91. The molecule has 1 heterocycles. The molecular weight excluding hydrogens is 408 g/mol. The van der Waals surface area contributed by atoms with Gasteiger partial charge < -0.3 is 9.64 Å². The molecule has 3 rings (SSSR count). The Hall–Kier alpha value is -2.67. The van der Waals surface area contributed by atoms with Gasteiger partial charge in [-0.05, 0) is 38.1 Å². The molecule has 0 radical (unpaired) electrons. The summed E-state index contributed by atoms with van der Waals surface area (Å²) in [5, 5.41) is 8.28. The van der Waals surface area contributed by atoms with E-state index in [-0.39, 0.29) is 5.91 Å². The van der Waals surface area contributed by atoms with Crippen molar-refractivity contribution in [2.45, 2.75) is 20.4 Å². The number of aromatic nitrogens is 3. The summed E-state index contributed by atoms with van der Waals surface area (Å²) in [6.45, 7) is 4.79. The number of hydrogen-bond donors (Lipinski definition) is 0. The lowest BCUT2D eigenvalue weighted by Crippen LogP contribution is -2.27. The molecule has 0 bridgehead atoms. The van der Waals surface area contributed by atoms with Crippen molar-refractivity contribution in [3.63, 3.8) is 0 Å². The van der Waals surface area contributed by atoms with E-state index in [0.29, 0.717) is 24.5 Å². The second-order valence-electron chi connectivity index (χ2n) is 6.12. The molecule has 3 aromatic rings. The number of ether oxygens (including phenoxy) is 1. The van der Waals surface area contributed by atoms with Gasteiger partial charge in [0.05, 0.1) is 18.0 Å². The molecule has 6 nitrogen and oxygen atoms in total. The predicted molar refractivity (Wildman–Crippen MR) is 107 cm³/mol. The number of benzene rings is 2. The summed E-state index contributed by atoms with van der Waals surface area (Å²) in [4.78, 5) is 14.5. The molecular formula is C20H21BrN4O2. The fourth-order valence-corrected chi connectivity index (χ4v) is 3.21. The molecule has 1 amide bonds. The van der Waals surface area contributed by atoms with Crippen LogP contribution in [0.4, 0.5) is 0 Å². The van der Waals surface area contributed by atoms with Gasteiger partial charge in [-0.1, -0.05) is 45.4 Å². The summed E-state index contributed by atoms with van der Waals surface area (Å²) in [5.41, 5.74) is 2.83. The highest BCUT2D eigenvalue weighted by atomic mass is 79.9. The third kappa shape index (κ3) is 4.19. The van der Waals surface area contributed by atoms with Crippen LogP contribution in [0.25, 0.3) is 5.69 Å². The molecule has 27 heavy (non-hydrogen) atoms. The van der Waals surface area contributed by atoms with E-state index in [4.69, 9.17) is 4.74 Å². The fourth-order valence-electron chi connectivity index (χ4n) is 2.82. The number of nitrogens with zero attached hydrogens (tertiary/aromatic N) is 4. The van der Waals surface area contributed by atoms with E-state index in [0.717, 1.165) is 21.5 Å². The van der Waals surface area contributed by atoms with Crippen molar-refractivity contribution in [2.75, 3.05) is 13.7 Å². The van der Waals surface area contributed by atoms with Crippen LogP contribution in [-0.4, -0.2) is 39.5 Å². The minimum Gasteiger partial charge on any atom is -0.494 e. The lowest BCUT2D eigenvalue weighted by molar-refractivity contribution is 0.0777. The van der Waals surface area contributed by atoms with Crippen molar-refractivity contribution >= 4 is 21.8 Å². The average molecular weight is 429 g/mol. The van der Waals surface area contributed by atoms with Gasteiger partial charge in [-0.3, -0.25) is 4.79 Å². The third-order valence-corrected chi connectivity index (χ3v) is 4.67. The monoisotopic (exact) mass is 428 g/mol. The smallest absolute Gasteiger partial charge is 0.276 e. The molecule has 0 saturated heterocycles. The van der Waals surface area contributed by atoms with E-state index < -0.39 is 0 Å². The van der Waals surface area contributed by atoms with E-state index in [9.17, 15) is 4.79 Å². The first kappa shape index (κ1) is 19.1. The summed E-state index contributed by atoms with van der Waals surface area (Å²) in [7, 11) is 1.75. The van der Waals surface area contributed by atoms with Crippen LogP contribution in [0.2, 0.25) is 0 Å². The lowest BCUT2D eigenvalue weighted by Gasteiger charge is -2.18. The van der Waals surface area contributed by atoms with Crippen LogP contribution >= 0.6 is 15.9 Å². The zero-order valence-electron chi connectivity index (χ0n) is 15.5. The molecule has 7 heteroatoms. The lowest BCUT2D eigenvalue weighted by atomic mass is 10.2. The first-order valence-corrected chi connectivity index (χ1v) is 9.45. The molecule has 0 aliphatic carbocycles. The summed E-state index contributed by atoms with van der Waals surface area (Å²) in [5.74, 6) is 0.606. The number of halogens is 1. The van der Waals surface area contributed by atoms with Crippen molar-refractivity contribution in [3.05, 3.63) is 70.0 Å². The van der Waals surface area contributed by atoms with E-state index in [1.54, 1.807) is 16.6 Å². The number of hydrogen-bond acceptors (Lipinski definition) is 4. The van der Waals surface area contributed by atoms with Gasteiger partial charge in [0.2, 0.25) is 0 Å². The molecule has 0 atom stereocenters. The van der Waals surface area contributed by atoms with Gasteiger partial charge in [-0.15, -0.1) is 5.10 Å². The zero-order chi connectivity index (χ0) is 19.4. The molecule has 0 aliphatic rings. The molecule has 0 spiro atoms. The molecule has 140 valence electrons. The van der Waals surface area contributed by atoms with Crippen molar-refractivity contribution in [1.82, 2.24) is 19.9 Å². The van der Waals surface area contributed by atoms with Crippen LogP contribution in [0, 0.1) is 6.92 Å². The van der Waals surface area contributed by atoms with E-state index in [1.165, 1.54) is 0 Å². The Morgan fingerprint density at radius 1 is 1.22 bits per heavy atom. The summed E-state index contributed by atoms with van der Waals surface area (Å²) in [6.07, 6.45) is 0. The summed E-state index contributed by atoms with van der Waals surface area (Å²) in [6, 6.07) is 15.4. The van der Waals surface area contributed by atoms with E-state index >= 15 is 0 Å². The maximum Gasteiger partial charge on any atom is 0.276 e. The number of carbonyl (C=O) groups excluding carboxylic acids is 1. The molecule has 0 unspecified atom stereocenters. The van der Waals surface area contributed by atoms with E-state index in [2.05, 4.69) is 26.2 Å². The van der Waals surface area contributed by atoms with Gasteiger partial charge in [0, 0.05) is 23.6 Å². The Labute approximate surface area is 166 Å². The fraction of sp³-hybridized carbons (Fsp3) is 0.250. The third-order valence-electron chi connectivity index (χ3n) is 4.18. The molecule has 2 aromatic carbocycles. The minimum absolute atomic E-state index is 0.181. The highest BCUT2D eigenvalue weighted by molar-refractivity contribution is 9.10. The van der Waals surface area contributed by atoms with Crippen LogP contribution in [-0.2, 0) is 6.54 Å². The Bertz CT molecular complexity index is 955. The Morgan fingerprint density at radius 3 is 2.74 bits per heavy atom. The molecule has 0 saturated carbocycles. The highest BCUT2D eigenvalue weighted by Crippen LogP contribution is 2.21. The number of para-hydroxylation sites is 1. The van der Waals surface area contributed by atoms with Gasteiger partial charge in [0.25, 0.3) is 5.91 Å². The molecule has 0 N–H and O–H groups in total. The van der Waals surface area contributed by atoms with Crippen molar-refractivity contribution in [1.29, 1.82) is 0 Å². The van der Waals surface area contributed by atoms with Gasteiger partial charge in [-0.25, -0.2) is 4.68 Å². The van der Waals surface area contributed by atoms with Crippen LogP contribution in [0.5, 0.6) is 5.75 Å². The van der Waals surface area contributed by atoms with Crippen LogP contribution in [0.15, 0.2) is 53.0 Å². The van der Waals surface area contributed by atoms with Gasteiger partial charge >= 0.3 is 0 Å². The average Bonchev–Trinajstić information content (AvgIpc) is 3.04. The van der Waals surface area contributed by atoms with Crippen molar-refractivity contribution in [2.24, 2.45) is 0 Å². The Balaban J connectivity index is 1.82. The van der Waals surface area contributed by atoms with Crippen molar-refractivity contribution in [3.8, 4) is 11.4 Å². The normalized spacial score (nSPS) is 10.7. The molecule has 0 fully saturated rings. The van der Waals surface area contributed by atoms with Crippen LogP contribution in [0.1, 0.15) is 28.7 Å². The second kappa shape index (κ2) is 8.35. The van der Waals surface area contributed by atoms with E-state index in [1.807, 2.05) is 62.4 Å². The molecule has 0 aliphatic heterocycles. The van der Waals surface area contributed by atoms with Gasteiger partial charge in [0.15, 0.2) is 5.69 Å². The van der Waals surface area contributed by atoms with Crippen LogP contribution in [0.3, 0.4) is 0 Å². The summed E-state index contributed by atoms with van der Waals surface area (Å²) < 4.78 is 8.25. The zero-order valence-corrected chi connectivity index (χ0v) is 17.1. The SMILES string of the molecule is CCOc1ccccc1CN(C)C(=O)c1nnn(-c2cccc(Br)c2)c1C. The minimum atomic E-state index is -0.181. The number of rotatable bonds is 6. The number of carbonyl (C=O) groups is 1. The standard InChI is InChI=1S/C20H21BrN4O2/c1-4-27-18-11-6-5-8-15(18)13-24(3)20(26)19-14(2)25(23-22-19)17-10-7-9-16(21)12-17/h5-12H,4,13H2,1-3H3. The number of amides is 1. The van der Waals surface area contributed by atoms with Gasteiger partial charge in [0.1, 0.15) is 5.75 Å². The molecule has 1 aromatic heterocycles. The first-order valence-electron chi connectivity index (χ1n) is 8.65. The maximum atomic E-state index is 12.9. The first-order chi connectivity index (χ1) is 13.0. The highest BCUT2D eigenvalue weighted by Gasteiger charge is 2.21. The topological polar surface area (TPSA) is 60.2 Å². The second-order valence-corrected chi connectivity index (χ2v) is 7.03. The van der Waals surface area contributed by atoms with Gasteiger partial charge in [-0.2, -0.15) is 0 Å². The summed E-state index contributed by atoms with van der Waals surface area (Å²) >= 11 is 3.45. The van der Waals surface area contributed by atoms with Crippen molar-refractivity contribution < 1.29 is 9.53 Å². The van der Waals surface area contributed by atoms with Crippen LogP contribution < -0.4 is 4.74 Å². The predicted octanol–water partition coefficient (Wildman–Crippen LogP) is 4.01.